The van der Waals surface area contributed by atoms with Crippen LogP contribution in [-0.4, -0.2) is 55.8 Å². The molecule has 1 amide bonds. The molecule has 0 unspecified atom stereocenters. The molecule has 0 saturated carbocycles. The molecule has 0 bridgehead atoms. The predicted octanol–water partition coefficient (Wildman–Crippen LogP) is 2.60. The molecule has 6 nitrogen and oxygen atoms in total. The van der Waals surface area contributed by atoms with Crippen molar-refractivity contribution >= 4 is 5.91 Å². The zero-order valence-electron chi connectivity index (χ0n) is 15.1. The molecule has 1 aliphatic rings. The molecule has 1 aromatic carbocycles. The molecular weight excluding hydrogens is 361 g/mol. The zero-order valence-corrected chi connectivity index (χ0v) is 15.1. The number of piperidine rings is 1. The quantitative estimate of drug-likeness (QED) is 0.886. The van der Waals surface area contributed by atoms with Gasteiger partial charge in [-0.15, -0.1) is 5.10 Å². The van der Waals surface area contributed by atoms with Crippen LogP contribution in [0.15, 0.2) is 30.5 Å². The van der Waals surface area contributed by atoms with Crippen LogP contribution in [0.25, 0.3) is 5.69 Å². The largest absolute Gasteiger partial charge is 0.426 e. The van der Waals surface area contributed by atoms with E-state index in [4.69, 9.17) is 0 Å². The SMILES string of the molecule is Cc1ccc(-n2nncc2C2CCN(C(=O)[C@@](C)(O)C(F)(F)F)CC2)cc1. The molecular formula is C18H21F3N4O2. The average molecular weight is 382 g/mol. The number of halogens is 3. The van der Waals surface area contributed by atoms with Gasteiger partial charge >= 0.3 is 6.18 Å². The van der Waals surface area contributed by atoms with E-state index >= 15 is 0 Å². The molecule has 1 saturated heterocycles. The molecule has 2 aromatic rings. The Bertz CT molecular complexity index is 807. The fourth-order valence-electron chi connectivity index (χ4n) is 3.22. The van der Waals surface area contributed by atoms with Crippen molar-refractivity contribution in [1.82, 2.24) is 19.9 Å². The number of carbonyl (C=O) groups is 1. The number of aliphatic hydroxyl groups is 1. The van der Waals surface area contributed by atoms with Crippen LogP contribution >= 0.6 is 0 Å². The fourth-order valence-corrected chi connectivity index (χ4v) is 3.22. The summed E-state index contributed by atoms with van der Waals surface area (Å²) >= 11 is 0. The summed E-state index contributed by atoms with van der Waals surface area (Å²) in [5.41, 5.74) is -0.547. The summed E-state index contributed by atoms with van der Waals surface area (Å²) < 4.78 is 40.4. The number of nitrogens with zero attached hydrogens (tertiary/aromatic N) is 4. The van der Waals surface area contributed by atoms with Crippen LogP contribution in [0.4, 0.5) is 13.2 Å². The summed E-state index contributed by atoms with van der Waals surface area (Å²) in [6, 6.07) is 7.77. The van der Waals surface area contributed by atoms with Crippen LogP contribution in [0, 0.1) is 6.92 Å². The van der Waals surface area contributed by atoms with Crippen molar-refractivity contribution in [2.45, 2.75) is 44.4 Å². The van der Waals surface area contributed by atoms with Crippen molar-refractivity contribution < 1.29 is 23.1 Å². The van der Waals surface area contributed by atoms with E-state index in [9.17, 15) is 23.1 Å². The Morgan fingerprint density at radius 3 is 2.33 bits per heavy atom. The second-order valence-electron chi connectivity index (χ2n) is 7.04. The maximum absolute atomic E-state index is 12.9. The van der Waals surface area contributed by atoms with Crippen molar-refractivity contribution in [2.24, 2.45) is 0 Å². The highest BCUT2D eigenvalue weighted by atomic mass is 19.4. The van der Waals surface area contributed by atoms with E-state index < -0.39 is 17.7 Å². The number of carbonyl (C=O) groups excluding carboxylic acids is 1. The second-order valence-corrected chi connectivity index (χ2v) is 7.04. The van der Waals surface area contributed by atoms with Crippen molar-refractivity contribution in [1.29, 1.82) is 0 Å². The minimum Gasteiger partial charge on any atom is -0.373 e. The Morgan fingerprint density at radius 2 is 1.78 bits per heavy atom. The first-order valence-corrected chi connectivity index (χ1v) is 8.67. The van der Waals surface area contributed by atoms with Gasteiger partial charge < -0.3 is 10.0 Å². The lowest BCUT2D eigenvalue weighted by Crippen LogP contribution is -2.57. The Kier molecular flexibility index (Phi) is 4.98. The topological polar surface area (TPSA) is 71.2 Å². The van der Waals surface area contributed by atoms with Crippen molar-refractivity contribution in [3.05, 3.63) is 41.7 Å². The van der Waals surface area contributed by atoms with E-state index in [0.29, 0.717) is 19.8 Å². The third kappa shape index (κ3) is 3.69. The Labute approximate surface area is 154 Å². The molecule has 0 aliphatic carbocycles. The fraction of sp³-hybridized carbons (Fsp3) is 0.500. The summed E-state index contributed by atoms with van der Waals surface area (Å²) in [7, 11) is 0. The zero-order chi connectivity index (χ0) is 19.8. The smallest absolute Gasteiger partial charge is 0.373 e. The molecule has 27 heavy (non-hydrogen) atoms. The number of benzene rings is 1. The number of aromatic nitrogens is 3. The van der Waals surface area contributed by atoms with Crippen LogP contribution < -0.4 is 0 Å². The Morgan fingerprint density at radius 1 is 1.19 bits per heavy atom. The standard InChI is InChI=1S/C18H21F3N4O2/c1-12-3-5-14(6-4-12)25-15(11-22-23-25)13-7-9-24(10-8-13)16(26)17(2,27)18(19,20)21/h3-6,11,13,27H,7-10H2,1-2H3/t17-/m1/s1. The maximum atomic E-state index is 12.9. The molecule has 1 aromatic heterocycles. The van der Waals surface area contributed by atoms with Gasteiger partial charge in [0.25, 0.3) is 5.91 Å². The van der Waals surface area contributed by atoms with E-state index in [0.717, 1.165) is 21.8 Å². The van der Waals surface area contributed by atoms with Crippen LogP contribution in [0.3, 0.4) is 0 Å². The maximum Gasteiger partial charge on any atom is 0.426 e. The minimum atomic E-state index is -5.01. The van der Waals surface area contributed by atoms with Crippen LogP contribution in [0.2, 0.25) is 0 Å². The van der Waals surface area contributed by atoms with E-state index in [-0.39, 0.29) is 19.0 Å². The number of amides is 1. The molecule has 3 rings (SSSR count). The lowest BCUT2D eigenvalue weighted by molar-refractivity contribution is -0.250. The lowest BCUT2D eigenvalue weighted by atomic mass is 9.92. The van der Waals surface area contributed by atoms with E-state index in [1.165, 1.54) is 0 Å². The monoisotopic (exact) mass is 382 g/mol. The number of rotatable bonds is 3. The summed E-state index contributed by atoms with van der Waals surface area (Å²) in [6.07, 6.45) is -2.42. The molecule has 146 valence electrons. The molecule has 1 N–H and O–H groups in total. The molecule has 1 aliphatic heterocycles. The molecule has 2 heterocycles. The first-order valence-electron chi connectivity index (χ1n) is 8.67. The highest BCUT2D eigenvalue weighted by Crippen LogP contribution is 2.34. The molecule has 0 spiro atoms. The van der Waals surface area contributed by atoms with E-state index in [1.54, 1.807) is 10.9 Å². The van der Waals surface area contributed by atoms with Gasteiger partial charge in [0.15, 0.2) is 0 Å². The van der Waals surface area contributed by atoms with Crippen LogP contribution in [-0.2, 0) is 4.79 Å². The number of likely N-dealkylation sites (tertiary alicyclic amines) is 1. The first kappa shape index (κ1) is 19.3. The van der Waals surface area contributed by atoms with Gasteiger partial charge in [-0.2, -0.15) is 13.2 Å². The molecule has 0 radical (unpaired) electrons. The summed E-state index contributed by atoms with van der Waals surface area (Å²) in [5, 5.41) is 17.7. The Balaban J connectivity index is 1.71. The van der Waals surface area contributed by atoms with Crippen LogP contribution in [0.5, 0.6) is 0 Å². The van der Waals surface area contributed by atoms with Crippen LogP contribution in [0.1, 0.15) is 36.9 Å². The lowest BCUT2D eigenvalue weighted by Gasteiger charge is -2.36. The van der Waals surface area contributed by atoms with Gasteiger partial charge in [0.2, 0.25) is 5.60 Å². The number of hydrogen-bond acceptors (Lipinski definition) is 4. The summed E-state index contributed by atoms with van der Waals surface area (Å²) in [5.74, 6) is -1.29. The normalized spacial score (nSPS) is 18.4. The van der Waals surface area contributed by atoms with Gasteiger partial charge in [0.05, 0.1) is 17.6 Å². The number of aryl methyl sites for hydroxylation is 1. The number of alkyl halides is 3. The van der Waals surface area contributed by atoms with E-state index in [1.807, 2.05) is 31.2 Å². The van der Waals surface area contributed by atoms with Gasteiger partial charge in [-0.05, 0) is 38.8 Å². The first-order chi connectivity index (χ1) is 12.6. The highest BCUT2D eigenvalue weighted by Gasteiger charge is 2.57. The number of hydrogen-bond donors (Lipinski definition) is 1. The van der Waals surface area contributed by atoms with E-state index in [2.05, 4.69) is 10.3 Å². The molecule has 9 heteroatoms. The average Bonchev–Trinajstić information content (AvgIpc) is 3.10. The van der Waals surface area contributed by atoms with Gasteiger partial charge in [0.1, 0.15) is 0 Å². The molecule has 1 atom stereocenters. The van der Waals surface area contributed by atoms with Gasteiger partial charge in [-0.1, -0.05) is 22.9 Å². The highest BCUT2D eigenvalue weighted by molar-refractivity contribution is 5.85. The Hall–Kier alpha value is -2.42. The van der Waals surface area contributed by atoms with Gasteiger partial charge in [-0.3, -0.25) is 4.79 Å². The van der Waals surface area contributed by atoms with Gasteiger partial charge in [-0.25, -0.2) is 4.68 Å². The van der Waals surface area contributed by atoms with Crippen molar-refractivity contribution in [3.8, 4) is 5.69 Å². The summed E-state index contributed by atoms with van der Waals surface area (Å²) in [6.45, 7) is 2.75. The van der Waals surface area contributed by atoms with Crippen molar-refractivity contribution in [3.63, 3.8) is 0 Å². The van der Waals surface area contributed by atoms with Gasteiger partial charge in [0, 0.05) is 19.0 Å². The second kappa shape index (κ2) is 6.95. The minimum absolute atomic E-state index is 0.0150. The van der Waals surface area contributed by atoms with Crippen molar-refractivity contribution in [2.75, 3.05) is 13.1 Å². The summed E-state index contributed by atoms with van der Waals surface area (Å²) in [4.78, 5) is 13.2. The third-order valence-corrected chi connectivity index (χ3v) is 5.02. The molecule has 1 fully saturated rings. The third-order valence-electron chi connectivity index (χ3n) is 5.02. The predicted molar refractivity (Wildman–Crippen MR) is 91.3 cm³/mol.